The predicted molar refractivity (Wildman–Crippen MR) is 112 cm³/mol. The van der Waals surface area contributed by atoms with E-state index in [2.05, 4.69) is 44.0 Å². The van der Waals surface area contributed by atoms with Gasteiger partial charge in [0.05, 0.1) is 30.1 Å². The zero-order chi connectivity index (χ0) is 20.3. The summed E-state index contributed by atoms with van der Waals surface area (Å²) in [6.45, 7) is 4.43. The molecule has 2 heterocycles. The molecule has 1 unspecified atom stereocenters. The largest absolute Gasteiger partial charge is 0.497 e. The standard InChI is InChI=1S/C21H22N2O4S/c1-20(2)16-12-15(26-4)6-7-17(16)22(3)21(20)9-8-13-10-14(23(24)25)11-18(27-5)19(13)28-21/h6-12H,1-5H3. The number of methoxy groups -OCH3 is 2. The van der Waals surface area contributed by atoms with Crippen molar-refractivity contribution in [3.63, 3.8) is 0 Å². The van der Waals surface area contributed by atoms with Crippen LogP contribution in [0.2, 0.25) is 0 Å². The summed E-state index contributed by atoms with van der Waals surface area (Å²) in [6.07, 6.45) is 4.12. The lowest BCUT2D eigenvalue weighted by Crippen LogP contribution is -2.50. The molecule has 4 rings (SSSR count). The summed E-state index contributed by atoms with van der Waals surface area (Å²) in [4.78, 5) is 13.7. The number of fused-ring (bicyclic) bond motifs is 2. The second-order valence-corrected chi connectivity index (χ2v) is 8.76. The number of likely N-dealkylation sites (N-methyl/N-ethyl adjacent to an activating group) is 1. The number of rotatable bonds is 3. The molecule has 0 saturated heterocycles. The number of hydrogen-bond donors (Lipinski definition) is 0. The maximum absolute atomic E-state index is 11.3. The molecule has 0 aliphatic carbocycles. The van der Waals surface area contributed by atoms with Gasteiger partial charge in [0.1, 0.15) is 16.4 Å². The minimum Gasteiger partial charge on any atom is -0.497 e. The lowest BCUT2D eigenvalue weighted by Gasteiger charge is -2.45. The second kappa shape index (κ2) is 6.17. The lowest BCUT2D eigenvalue weighted by atomic mass is 9.79. The Bertz CT molecular complexity index is 1020. The highest BCUT2D eigenvalue weighted by Gasteiger charge is 2.56. The van der Waals surface area contributed by atoms with Crippen LogP contribution in [0, 0.1) is 10.1 Å². The fourth-order valence-electron chi connectivity index (χ4n) is 4.23. The molecule has 2 aliphatic rings. The van der Waals surface area contributed by atoms with E-state index < -0.39 is 4.87 Å². The molecule has 2 aromatic carbocycles. The highest BCUT2D eigenvalue weighted by Crippen LogP contribution is 2.62. The van der Waals surface area contributed by atoms with Gasteiger partial charge in [0.25, 0.3) is 5.69 Å². The van der Waals surface area contributed by atoms with Crippen molar-refractivity contribution in [3.8, 4) is 11.5 Å². The van der Waals surface area contributed by atoms with Gasteiger partial charge in [-0.15, -0.1) is 0 Å². The first-order chi connectivity index (χ1) is 13.2. The second-order valence-electron chi connectivity index (χ2n) is 7.52. The molecule has 2 aromatic rings. The third-order valence-electron chi connectivity index (χ3n) is 5.88. The Morgan fingerprint density at radius 2 is 1.89 bits per heavy atom. The number of nitrogens with zero attached hydrogens (tertiary/aromatic N) is 2. The fraction of sp³-hybridized carbons (Fsp3) is 0.333. The molecule has 0 N–H and O–H groups in total. The smallest absolute Gasteiger partial charge is 0.273 e. The minimum absolute atomic E-state index is 0.0314. The van der Waals surface area contributed by atoms with Crippen molar-refractivity contribution >= 4 is 29.2 Å². The van der Waals surface area contributed by atoms with Crippen molar-refractivity contribution in [3.05, 3.63) is 57.6 Å². The van der Waals surface area contributed by atoms with Crippen LogP contribution in [0.3, 0.4) is 0 Å². The molecule has 146 valence electrons. The van der Waals surface area contributed by atoms with Gasteiger partial charge in [-0.3, -0.25) is 10.1 Å². The Morgan fingerprint density at radius 3 is 2.54 bits per heavy atom. The van der Waals surface area contributed by atoms with Gasteiger partial charge in [0.2, 0.25) is 0 Å². The highest BCUT2D eigenvalue weighted by molar-refractivity contribution is 8.01. The van der Waals surface area contributed by atoms with E-state index in [-0.39, 0.29) is 16.0 Å². The van der Waals surface area contributed by atoms with Crippen LogP contribution in [-0.2, 0) is 5.41 Å². The lowest BCUT2D eigenvalue weighted by molar-refractivity contribution is -0.385. The van der Waals surface area contributed by atoms with Crippen LogP contribution in [0.4, 0.5) is 11.4 Å². The summed E-state index contributed by atoms with van der Waals surface area (Å²) in [6, 6.07) is 9.25. The number of nitro groups is 1. The number of ether oxygens (including phenoxy) is 2. The number of non-ortho nitro benzene ring substituents is 1. The Balaban J connectivity index is 1.88. The van der Waals surface area contributed by atoms with E-state index in [0.29, 0.717) is 5.75 Å². The van der Waals surface area contributed by atoms with Gasteiger partial charge in [0, 0.05) is 24.2 Å². The van der Waals surface area contributed by atoms with Crippen molar-refractivity contribution in [1.82, 2.24) is 0 Å². The molecule has 28 heavy (non-hydrogen) atoms. The first kappa shape index (κ1) is 18.7. The van der Waals surface area contributed by atoms with E-state index in [0.717, 1.165) is 21.9 Å². The van der Waals surface area contributed by atoms with Crippen LogP contribution in [-0.4, -0.2) is 31.1 Å². The van der Waals surface area contributed by atoms with Gasteiger partial charge in [-0.2, -0.15) is 0 Å². The number of benzene rings is 2. The molecular formula is C21H22N2O4S. The SMILES string of the molecule is COc1ccc2c(c1)C(C)(C)C1(C=Cc3cc([N+](=O)[O-])cc(OC)c3S1)N2C. The molecule has 0 saturated carbocycles. The molecule has 0 aromatic heterocycles. The van der Waals surface area contributed by atoms with Crippen LogP contribution < -0.4 is 14.4 Å². The third kappa shape index (κ3) is 2.35. The minimum atomic E-state index is -0.391. The molecule has 0 amide bonds. The van der Waals surface area contributed by atoms with Gasteiger partial charge in [-0.05, 0) is 35.4 Å². The van der Waals surface area contributed by atoms with E-state index in [1.165, 1.54) is 11.6 Å². The van der Waals surface area contributed by atoms with Gasteiger partial charge >= 0.3 is 0 Å². The van der Waals surface area contributed by atoms with Crippen molar-refractivity contribution in [2.45, 2.75) is 29.0 Å². The van der Waals surface area contributed by atoms with Crippen molar-refractivity contribution in [2.24, 2.45) is 0 Å². The normalized spacial score (nSPS) is 21.4. The van der Waals surface area contributed by atoms with E-state index in [9.17, 15) is 10.1 Å². The van der Waals surface area contributed by atoms with Crippen molar-refractivity contribution in [2.75, 3.05) is 26.2 Å². The molecule has 6 nitrogen and oxygen atoms in total. The summed E-state index contributed by atoms with van der Waals surface area (Å²) in [5, 5.41) is 11.3. The van der Waals surface area contributed by atoms with Gasteiger partial charge < -0.3 is 14.4 Å². The number of hydrogen-bond acceptors (Lipinski definition) is 6. The molecule has 1 spiro atoms. The molecule has 2 aliphatic heterocycles. The molecule has 0 bridgehead atoms. The monoisotopic (exact) mass is 398 g/mol. The summed E-state index contributed by atoms with van der Waals surface area (Å²) in [5.41, 5.74) is 2.95. The molecule has 1 atom stereocenters. The highest BCUT2D eigenvalue weighted by atomic mass is 32.2. The zero-order valence-electron chi connectivity index (χ0n) is 16.5. The Labute approximate surface area is 168 Å². The van der Waals surface area contributed by atoms with E-state index in [4.69, 9.17) is 9.47 Å². The quantitative estimate of drug-likeness (QED) is 0.544. The summed E-state index contributed by atoms with van der Waals surface area (Å²) in [7, 11) is 5.31. The van der Waals surface area contributed by atoms with Crippen LogP contribution >= 0.6 is 11.8 Å². The molecule has 0 radical (unpaired) electrons. The zero-order valence-corrected chi connectivity index (χ0v) is 17.3. The number of thioether (sulfide) groups is 1. The van der Waals surface area contributed by atoms with E-state index in [1.807, 2.05) is 12.1 Å². The van der Waals surface area contributed by atoms with Crippen LogP contribution in [0.15, 0.2) is 41.3 Å². The van der Waals surface area contributed by atoms with E-state index >= 15 is 0 Å². The predicted octanol–water partition coefficient (Wildman–Crippen LogP) is 4.85. The Kier molecular flexibility index (Phi) is 4.12. The van der Waals surface area contributed by atoms with Crippen LogP contribution in [0.5, 0.6) is 11.5 Å². The van der Waals surface area contributed by atoms with Crippen LogP contribution in [0.1, 0.15) is 25.0 Å². The molecule has 7 heteroatoms. The summed E-state index contributed by atoms with van der Waals surface area (Å²) < 4.78 is 11.0. The maximum atomic E-state index is 11.3. The Hall–Kier alpha value is -2.67. The summed E-state index contributed by atoms with van der Waals surface area (Å²) >= 11 is 1.67. The molecular weight excluding hydrogens is 376 g/mol. The fourth-order valence-corrected chi connectivity index (χ4v) is 5.77. The summed E-state index contributed by atoms with van der Waals surface area (Å²) in [5.74, 6) is 1.35. The Morgan fingerprint density at radius 1 is 1.14 bits per heavy atom. The average Bonchev–Trinajstić information content (AvgIpc) is 2.85. The van der Waals surface area contributed by atoms with Gasteiger partial charge in [0.15, 0.2) is 0 Å². The van der Waals surface area contributed by atoms with E-state index in [1.54, 1.807) is 32.0 Å². The first-order valence-corrected chi connectivity index (χ1v) is 9.74. The van der Waals surface area contributed by atoms with Crippen molar-refractivity contribution < 1.29 is 14.4 Å². The number of nitro benzene ring substituents is 1. The van der Waals surface area contributed by atoms with Gasteiger partial charge in [-0.25, -0.2) is 0 Å². The maximum Gasteiger partial charge on any atom is 0.273 e. The van der Waals surface area contributed by atoms with Gasteiger partial charge in [-0.1, -0.05) is 31.7 Å². The average molecular weight is 398 g/mol. The third-order valence-corrected chi connectivity index (χ3v) is 7.75. The molecule has 0 fully saturated rings. The number of anilines is 1. The topological polar surface area (TPSA) is 64.8 Å². The van der Waals surface area contributed by atoms with Crippen LogP contribution in [0.25, 0.3) is 6.08 Å². The van der Waals surface area contributed by atoms with Crippen molar-refractivity contribution in [1.29, 1.82) is 0 Å². The first-order valence-electron chi connectivity index (χ1n) is 8.92.